The van der Waals surface area contributed by atoms with Crippen molar-refractivity contribution in [1.82, 2.24) is 4.90 Å². The Balaban J connectivity index is 1.36. The number of sulfonamides is 1. The molecule has 0 spiro atoms. The van der Waals surface area contributed by atoms with E-state index in [9.17, 15) is 13.2 Å². The van der Waals surface area contributed by atoms with Crippen LogP contribution in [0.4, 0.5) is 11.4 Å². The Morgan fingerprint density at radius 1 is 0.889 bits per heavy atom. The van der Waals surface area contributed by atoms with Crippen LogP contribution >= 0.6 is 11.6 Å². The second-order valence-corrected chi connectivity index (χ2v) is 11.4. The van der Waals surface area contributed by atoms with Crippen LogP contribution in [0.5, 0.6) is 5.75 Å². The van der Waals surface area contributed by atoms with Crippen LogP contribution in [0.1, 0.15) is 11.1 Å². The molecule has 188 valence electrons. The van der Waals surface area contributed by atoms with Crippen LogP contribution < -0.4 is 13.9 Å². The number of piperazine rings is 1. The second kappa shape index (κ2) is 9.67. The summed E-state index contributed by atoms with van der Waals surface area (Å²) in [5.74, 6) is 0.162. The van der Waals surface area contributed by atoms with Crippen LogP contribution in [0, 0.1) is 13.8 Å². The molecule has 1 fully saturated rings. The normalized spacial score (nSPS) is 18.0. The number of benzene rings is 3. The zero-order valence-electron chi connectivity index (χ0n) is 20.2. The lowest BCUT2D eigenvalue weighted by atomic mass is 10.1. The predicted molar refractivity (Wildman–Crippen MR) is 142 cm³/mol. The monoisotopic (exact) mass is 525 g/mol. The molecule has 0 bridgehead atoms. The number of hydrogen-bond donors (Lipinski definition) is 0. The van der Waals surface area contributed by atoms with E-state index >= 15 is 0 Å². The maximum Gasteiger partial charge on any atom is 0.265 e. The Morgan fingerprint density at radius 3 is 2.28 bits per heavy atom. The largest absolute Gasteiger partial charge is 0.476 e. The van der Waals surface area contributed by atoms with Gasteiger partial charge in [0.15, 0.2) is 6.10 Å². The Bertz CT molecular complexity index is 1390. The summed E-state index contributed by atoms with van der Waals surface area (Å²) in [6, 6.07) is 19.2. The maximum absolute atomic E-state index is 13.6. The van der Waals surface area contributed by atoms with Gasteiger partial charge in [0.2, 0.25) is 0 Å². The van der Waals surface area contributed by atoms with Gasteiger partial charge in [0.05, 0.1) is 17.1 Å². The van der Waals surface area contributed by atoms with E-state index in [2.05, 4.69) is 36.9 Å². The number of nitrogens with zero attached hydrogens (tertiary/aromatic N) is 3. The number of anilines is 2. The van der Waals surface area contributed by atoms with Gasteiger partial charge in [-0.25, -0.2) is 8.42 Å². The Morgan fingerprint density at radius 2 is 1.56 bits per heavy atom. The Kier molecular flexibility index (Phi) is 6.57. The highest BCUT2D eigenvalue weighted by atomic mass is 35.5. The lowest BCUT2D eigenvalue weighted by Crippen LogP contribution is -2.56. The topological polar surface area (TPSA) is 70.2 Å². The highest BCUT2D eigenvalue weighted by Gasteiger charge is 2.39. The summed E-state index contributed by atoms with van der Waals surface area (Å²) in [6.45, 7) is 6.59. The highest BCUT2D eigenvalue weighted by molar-refractivity contribution is 7.92. The van der Waals surface area contributed by atoms with E-state index in [0.717, 1.165) is 0 Å². The number of halogens is 1. The molecule has 0 unspecified atom stereocenters. The van der Waals surface area contributed by atoms with E-state index in [0.29, 0.717) is 42.6 Å². The number of ether oxygens (including phenoxy) is 1. The fourth-order valence-electron chi connectivity index (χ4n) is 4.74. The molecule has 2 aliphatic rings. The number of para-hydroxylation sites is 2. The molecule has 7 nitrogen and oxygen atoms in total. The number of fused-ring (bicyclic) bond motifs is 1. The van der Waals surface area contributed by atoms with Gasteiger partial charge >= 0.3 is 0 Å². The van der Waals surface area contributed by atoms with E-state index in [1.807, 2.05) is 0 Å². The zero-order valence-corrected chi connectivity index (χ0v) is 21.8. The minimum atomic E-state index is -3.93. The fourth-order valence-corrected chi connectivity index (χ4v) is 6.34. The summed E-state index contributed by atoms with van der Waals surface area (Å²) in [5.41, 5.74) is 4.08. The predicted octanol–water partition coefficient (Wildman–Crippen LogP) is 4.26. The Labute approximate surface area is 216 Å². The summed E-state index contributed by atoms with van der Waals surface area (Å²) in [4.78, 5) is 17.7. The van der Waals surface area contributed by atoms with Crippen molar-refractivity contribution in [3.8, 4) is 5.75 Å². The maximum atomic E-state index is 13.6. The molecular formula is C27H28ClN3O4S. The van der Waals surface area contributed by atoms with Crippen molar-refractivity contribution in [2.45, 2.75) is 24.8 Å². The van der Waals surface area contributed by atoms with Gasteiger partial charge in [0.1, 0.15) is 5.75 Å². The van der Waals surface area contributed by atoms with Crippen molar-refractivity contribution in [2.75, 3.05) is 41.9 Å². The van der Waals surface area contributed by atoms with Crippen LogP contribution in [0.15, 0.2) is 71.6 Å². The highest BCUT2D eigenvalue weighted by Crippen LogP contribution is 2.37. The summed E-state index contributed by atoms with van der Waals surface area (Å²) in [5, 5.41) is 0.449. The quantitative estimate of drug-likeness (QED) is 0.509. The first-order valence-electron chi connectivity index (χ1n) is 11.9. The number of carbonyl (C=O) groups excluding carboxylic acids is 1. The first kappa shape index (κ1) is 24.5. The lowest BCUT2D eigenvalue weighted by Gasteiger charge is -2.40. The Hall–Kier alpha value is -3.23. The van der Waals surface area contributed by atoms with Crippen LogP contribution in [0.25, 0.3) is 0 Å². The van der Waals surface area contributed by atoms with Gasteiger partial charge in [-0.1, -0.05) is 35.9 Å². The third-order valence-electron chi connectivity index (χ3n) is 6.92. The van der Waals surface area contributed by atoms with Crippen LogP contribution in [-0.2, 0) is 14.8 Å². The lowest BCUT2D eigenvalue weighted by molar-refractivity contribution is -0.138. The molecule has 0 aromatic heterocycles. The molecule has 1 atom stereocenters. The van der Waals surface area contributed by atoms with Gasteiger partial charge in [-0.15, -0.1) is 0 Å². The van der Waals surface area contributed by atoms with E-state index in [1.165, 1.54) is 33.3 Å². The van der Waals surface area contributed by atoms with Crippen molar-refractivity contribution >= 4 is 38.9 Å². The van der Waals surface area contributed by atoms with Gasteiger partial charge in [0.25, 0.3) is 15.9 Å². The molecule has 3 aromatic carbocycles. The summed E-state index contributed by atoms with van der Waals surface area (Å²) < 4.78 is 34.4. The smallest absolute Gasteiger partial charge is 0.265 e. The van der Waals surface area contributed by atoms with Crippen molar-refractivity contribution in [1.29, 1.82) is 0 Å². The number of amides is 1. The number of rotatable bonds is 4. The fraction of sp³-hybridized carbons (Fsp3) is 0.296. The van der Waals surface area contributed by atoms with Crippen LogP contribution in [0.2, 0.25) is 5.02 Å². The van der Waals surface area contributed by atoms with Gasteiger partial charge in [-0.3, -0.25) is 9.10 Å². The molecule has 1 amide bonds. The van der Waals surface area contributed by atoms with Crippen molar-refractivity contribution in [3.63, 3.8) is 0 Å². The first-order chi connectivity index (χ1) is 17.3. The average Bonchev–Trinajstić information content (AvgIpc) is 2.89. The molecule has 2 aliphatic heterocycles. The van der Waals surface area contributed by atoms with Gasteiger partial charge < -0.3 is 14.5 Å². The number of hydrogen-bond acceptors (Lipinski definition) is 5. The van der Waals surface area contributed by atoms with Gasteiger partial charge in [0, 0.05) is 36.9 Å². The van der Waals surface area contributed by atoms with E-state index in [1.54, 1.807) is 41.3 Å². The molecule has 0 saturated carbocycles. The minimum absolute atomic E-state index is 0.0992. The molecule has 0 aliphatic carbocycles. The standard InChI is InChI=1S/C27H28ClN3O4S/c1-19-6-5-8-23(20(19)2)29-14-16-30(17-15-29)27(32)26-18-31(24-7-3-4-9-25(24)35-26)36(33,34)22-12-10-21(28)11-13-22/h3-13,26H,14-18H2,1-2H3/t26-/m0/s1. The molecule has 0 radical (unpaired) electrons. The summed E-state index contributed by atoms with van der Waals surface area (Å²) >= 11 is 5.96. The summed E-state index contributed by atoms with van der Waals surface area (Å²) in [6.07, 6.45) is -0.936. The molecular weight excluding hydrogens is 498 g/mol. The molecule has 5 rings (SSSR count). The SMILES string of the molecule is Cc1cccc(N2CCN(C(=O)[C@@H]3CN(S(=O)(=O)c4ccc(Cl)cc4)c4ccccc4O3)CC2)c1C. The zero-order chi connectivity index (χ0) is 25.4. The summed E-state index contributed by atoms with van der Waals surface area (Å²) in [7, 11) is -3.93. The molecule has 1 saturated heterocycles. The van der Waals surface area contributed by atoms with Crippen molar-refractivity contribution in [3.05, 3.63) is 82.9 Å². The van der Waals surface area contributed by atoms with E-state index in [4.69, 9.17) is 16.3 Å². The van der Waals surface area contributed by atoms with E-state index in [-0.39, 0.29) is 17.3 Å². The third kappa shape index (κ3) is 4.51. The van der Waals surface area contributed by atoms with Crippen molar-refractivity contribution < 1.29 is 17.9 Å². The molecule has 36 heavy (non-hydrogen) atoms. The first-order valence-corrected chi connectivity index (χ1v) is 13.7. The second-order valence-electron chi connectivity index (χ2n) is 9.10. The van der Waals surface area contributed by atoms with Crippen LogP contribution in [0.3, 0.4) is 0 Å². The molecule has 9 heteroatoms. The minimum Gasteiger partial charge on any atom is -0.476 e. The molecule has 2 heterocycles. The van der Waals surface area contributed by atoms with Crippen molar-refractivity contribution in [2.24, 2.45) is 0 Å². The van der Waals surface area contributed by atoms with Gasteiger partial charge in [-0.05, 0) is 67.4 Å². The third-order valence-corrected chi connectivity index (χ3v) is 8.97. The van der Waals surface area contributed by atoms with E-state index < -0.39 is 16.1 Å². The van der Waals surface area contributed by atoms with Gasteiger partial charge in [-0.2, -0.15) is 0 Å². The number of carbonyl (C=O) groups is 1. The van der Waals surface area contributed by atoms with Crippen LogP contribution in [-0.4, -0.2) is 58.1 Å². The number of aryl methyl sites for hydroxylation is 1. The molecule has 3 aromatic rings. The average molecular weight is 526 g/mol. The molecule has 0 N–H and O–H groups in total.